The molecule has 1 N–H and O–H groups in total. The zero-order chi connectivity index (χ0) is 23.8. The highest BCUT2D eigenvalue weighted by Crippen LogP contribution is 2.40. The molecule has 1 atom stereocenters. The summed E-state index contributed by atoms with van der Waals surface area (Å²) in [4.78, 5) is 27.0. The molecule has 2 aliphatic rings. The van der Waals surface area contributed by atoms with Crippen molar-refractivity contribution < 1.29 is 18.0 Å². The number of halogens is 2. The molecule has 0 aromatic heterocycles. The maximum atomic E-state index is 13.7. The Kier molecular flexibility index (Phi) is 7.14. The summed E-state index contributed by atoms with van der Waals surface area (Å²) in [5.74, 6) is -0.802. The monoisotopic (exact) mass is 553 g/mol. The molecule has 7 nitrogen and oxygen atoms in total. The van der Waals surface area contributed by atoms with Gasteiger partial charge < -0.3 is 10.2 Å². The normalized spacial score (nSPS) is 18.8. The molecule has 10 heteroatoms. The van der Waals surface area contributed by atoms with Crippen molar-refractivity contribution in [2.45, 2.75) is 37.5 Å². The molecule has 0 unspecified atom stereocenters. The first-order chi connectivity index (χ1) is 15.7. The number of nitrogens with zero attached hydrogens (tertiary/aromatic N) is 2. The van der Waals surface area contributed by atoms with Gasteiger partial charge in [-0.25, -0.2) is 8.42 Å². The van der Waals surface area contributed by atoms with Crippen molar-refractivity contribution in [1.29, 1.82) is 0 Å². The molecule has 4 rings (SSSR count). The van der Waals surface area contributed by atoms with E-state index in [4.69, 9.17) is 11.6 Å². The van der Waals surface area contributed by atoms with Gasteiger partial charge in [-0.15, -0.1) is 0 Å². The van der Waals surface area contributed by atoms with E-state index in [-0.39, 0.29) is 23.3 Å². The topological polar surface area (TPSA) is 86.8 Å². The van der Waals surface area contributed by atoms with Crippen molar-refractivity contribution >= 4 is 60.7 Å². The molecule has 2 amide bonds. The van der Waals surface area contributed by atoms with Crippen LogP contribution in [0.2, 0.25) is 5.02 Å². The highest BCUT2D eigenvalue weighted by atomic mass is 79.9. The van der Waals surface area contributed by atoms with E-state index in [2.05, 4.69) is 21.2 Å². The summed E-state index contributed by atoms with van der Waals surface area (Å²) in [6.45, 7) is 2.65. The molecule has 2 aliphatic heterocycles. The number of carbonyl (C=O) groups excluding carboxylic acids is 2. The number of carbonyl (C=O) groups is 2. The van der Waals surface area contributed by atoms with Crippen LogP contribution in [0.3, 0.4) is 0 Å². The first-order valence-electron chi connectivity index (χ1n) is 10.9. The maximum absolute atomic E-state index is 13.7. The van der Waals surface area contributed by atoms with Crippen LogP contribution >= 0.6 is 27.5 Å². The summed E-state index contributed by atoms with van der Waals surface area (Å²) in [6, 6.07) is 10.2. The molecular weight excluding hydrogens is 530 g/mol. The van der Waals surface area contributed by atoms with E-state index in [0.29, 0.717) is 59.6 Å². The van der Waals surface area contributed by atoms with E-state index in [9.17, 15) is 18.0 Å². The zero-order valence-electron chi connectivity index (χ0n) is 18.2. The Morgan fingerprint density at radius 1 is 1.18 bits per heavy atom. The molecule has 0 bridgehead atoms. The first kappa shape index (κ1) is 24.2. The fourth-order valence-corrected chi connectivity index (χ4v) is 6.97. The number of fused-ring (bicyclic) bond motifs is 1. The standard InChI is InChI=1S/C23H25BrClN3O4S/c1-2-21(29)28-11-9-15-12-17(24)13-20(22(15)28)33(31,32)27-10-3-4-16(14-27)23(30)26-19-7-5-18(25)6-8-19/h5-8,12-13,16H,2-4,9-11,14H2,1H3,(H,26,30)/t16-/m1/s1. The molecule has 2 heterocycles. The summed E-state index contributed by atoms with van der Waals surface area (Å²) in [5, 5.41) is 3.42. The smallest absolute Gasteiger partial charge is 0.245 e. The van der Waals surface area contributed by atoms with Gasteiger partial charge in [0.05, 0.1) is 11.6 Å². The Labute approximate surface area is 207 Å². The van der Waals surface area contributed by atoms with Gasteiger partial charge in [-0.05, 0) is 61.2 Å². The molecule has 0 radical (unpaired) electrons. The van der Waals surface area contributed by atoms with E-state index in [1.165, 1.54) is 4.31 Å². The number of benzene rings is 2. The Bertz CT molecular complexity index is 1190. The number of sulfonamides is 1. The number of piperidine rings is 1. The van der Waals surface area contributed by atoms with Gasteiger partial charge in [0, 0.05) is 41.2 Å². The van der Waals surface area contributed by atoms with E-state index >= 15 is 0 Å². The second kappa shape index (κ2) is 9.74. The van der Waals surface area contributed by atoms with Crippen molar-refractivity contribution in [2.24, 2.45) is 5.92 Å². The minimum Gasteiger partial charge on any atom is -0.326 e. The second-order valence-electron chi connectivity index (χ2n) is 8.26. The lowest BCUT2D eigenvalue weighted by Crippen LogP contribution is -2.44. The van der Waals surface area contributed by atoms with Crippen molar-refractivity contribution in [3.05, 3.63) is 51.5 Å². The number of nitrogens with one attached hydrogen (secondary N) is 1. The molecule has 1 saturated heterocycles. The Morgan fingerprint density at radius 2 is 1.91 bits per heavy atom. The highest BCUT2D eigenvalue weighted by Gasteiger charge is 2.38. The van der Waals surface area contributed by atoms with Crippen molar-refractivity contribution in [3.63, 3.8) is 0 Å². The SMILES string of the molecule is CCC(=O)N1CCc2cc(Br)cc(S(=O)(=O)N3CCC[C@@H](C(=O)Nc4ccc(Cl)cc4)C3)c21. The summed E-state index contributed by atoms with van der Waals surface area (Å²) in [7, 11) is -3.92. The summed E-state index contributed by atoms with van der Waals surface area (Å²) >= 11 is 9.32. The van der Waals surface area contributed by atoms with Crippen LogP contribution < -0.4 is 10.2 Å². The van der Waals surface area contributed by atoms with Gasteiger partial charge in [0.1, 0.15) is 4.90 Å². The summed E-state index contributed by atoms with van der Waals surface area (Å²) in [5.41, 5.74) is 1.92. The number of hydrogen-bond donors (Lipinski definition) is 1. The zero-order valence-corrected chi connectivity index (χ0v) is 21.3. The Morgan fingerprint density at radius 3 is 2.61 bits per heavy atom. The van der Waals surface area contributed by atoms with Crippen LogP contribution in [0.4, 0.5) is 11.4 Å². The van der Waals surface area contributed by atoms with Crippen LogP contribution in [0.15, 0.2) is 45.8 Å². The third-order valence-corrected chi connectivity index (χ3v) is 8.67. The number of hydrogen-bond acceptors (Lipinski definition) is 4. The average molecular weight is 555 g/mol. The van der Waals surface area contributed by atoms with E-state index in [1.807, 2.05) is 6.07 Å². The summed E-state index contributed by atoms with van der Waals surface area (Å²) in [6.07, 6.45) is 2.08. The fourth-order valence-electron chi connectivity index (χ4n) is 4.40. The van der Waals surface area contributed by atoms with E-state index in [0.717, 1.165) is 5.56 Å². The molecule has 0 saturated carbocycles. The maximum Gasteiger partial charge on any atom is 0.245 e. The van der Waals surface area contributed by atoms with Crippen LogP contribution in [0, 0.1) is 5.92 Å². The van der Waals surface area contributed by atoms with Gasteiger partial charge in [0.2, 0.25) is 21.8 Å². The van der Waals surface area contributed by atoms with E-state index in [1.54, 1.807) is 42.2 Å². The molecule has 176 valence electrons. The van der Waals surface area contributed by atoms with Gasteiger partial charge in [-0.3, -0.25) is 9.59 Å². The van der Waals surface area contributed by atoms with Crippen LogP contribution in [-0.2, 0) is 26.0 Å². The highest BCUT2D eigenvalue weighted by molar-refractivity contribution is 9.10. The van der Waals surface area contributed by atoms with Gasteiger partial charge in [0.15, 0.2) is 0 Å². The largest absolute Gasteiger partial charge is 0.326 e. The molecule has 2 aromatic carbocycles. The fraction of sp³-hybridized carbons (Fsp3) is 0.391. The number of rotatable bonds is 5. The number of anilines is 2. The lowest BCUT2D eigenvalue weighted by molar-refractivity contribution is -0.121. The molecule has 33 heavy (non-hydrogen) atoms. The molecule has 0 spiro atoms. The predicted molar refractivity (Wildman–Crippen MR) is 132 cm³/mol. The third kappa shape index (κ3) is 4.96. The lowest BCUT2D eigenvalue weighted by atomic mass is 9.99. The van der Waals surface area contributed by atoms with Crippen LogP contribution in [0.1, 0.15) is 31.7 Å². The van der Waals surface area contributed by atoms with Crippen molar-refractivity contribution in [3.8, 4) is 0 Å². The quantitative estimate of drug-likeness (QED) is 0.592. The predicted octanol–water partition coefficient (Wildman–Crippen LogP) is 4.44. The first-order valence-corrected chi connectivity index (χ1v) is 13.5. The molecule has 0 aliphatic carbocycles. The minimum atomic E-state index is -3.92. The van der Waals surface area contributed by atoms with Gasteiger partial charge in [0.25, 0.3) is 0 Å². The minimum absolute atomic E-state index is 0.0881. The second-order valence-corrected chi connectivity index (χ2v) is 11.5. The van der Waals surface area contributed by atoms with Crippen molar-refractivity contribution in [2.75, 3.05) is 29.9 Å². The van der Waals surface area contributed by atoms with E-state index < -0.39 is 15.9 Å². The molecule has 2 aromatic rings. The van der Waals surface area contributed by atoms with Crippen LogP contribution in [0.25, 0.3) is 0 Å². The molecule has 1 fully saturated rings. The van der Waals surface area contributed by atoms with Crippen LogP contribution in [0.5, 0.6) is 0 Å². The third-order valence-electron chi connectivity index (χ3n) is 6.08. The lowest BCUT2D eigenvalue weighted by Gasteiger charge is -2.32. The van der Waals surface area contributed by atoms with Gasteiger partial charge >= 0.3 is 0 Å². The number of amides is 2. The van der Waals surface area contributed by atoms with Gasteiger partial charge in [-0.2, -0.15) is 4.31 Å². The Balaban J connectivity index is 1.60. The summed E-state index contributed by atoms with van der Waals surface area (Å²) < 4.78 is 29.5. The van der Waals surface area contributed by atoms with Crippen molar-refractivity contribution in [1.82, 2.24) is 4.31 Å². The molecular formula is C23H25BrClN3O4S. The van der Waals surface area contributed by atoms with Gasteiger partial charge in [-0.1, -0.05) is 34.5 Å². The van der Waals surface area contributed by atoms with Crippen LogP contribution in [-0.4, -0.2) is 44.2 Å². The Hall–Kier alpha value is -1.94. The average Bonchev–Trinajstić information content (AvgIpc) is 3.23.